The molecule has 0 amide bonds. The van der Waals surface area contributed by atoms with E-state index < -0.39 is 0 Å². The molecule has 3 nitrogen and oxygen atoms in total. The lowest BCUT2D eigenvalue weighted by Gasteiger charge is -1.95. The van der Waals surface area contributed by atoms with E-state index in [1.807, 2.05) is 42.5 Å². The Morgan fingerprint density at radius 2 is 1.85 bits per heavy atom. The third-order valence-corrected chi connectivity index (χ3v) is 3.29. The summed E-state index contributed by atoms with van der Waals surface area (Å²) >= 11 is 6.03. The number of carbonyl (C=O) groups is 1. The molecule has 4 heteroatoms. The lowest BCUT2D eigenvalue weighted by Crippen LogP contribution is -1.96. The van der Waals surface area contributed by atoms with E-state index in [9.17, 15) is 4.79 Å². The molecule has 0 saturated carbocycles. The second kappa shape index (κ2) is 5.31. The number of benzene rings is 2. The summed E-state index contributed by atoms with van der Waals surface area (Å²) < 4.78 is 0. The number of nitrogens with zero attached hydrogens (tertiary/aromatic N) is 1. The van der Waals surface area contributed by atoms with Gasteiger partial charge in [0.1, 0.15) is 0 Å². The first-order valence-electron chi connectivity index (χ1n) is 6.16. The number of hydrogen-bond donors (Lipinski definition) is 1. The van der Waals surface area contributed by atoms with Crippen LogP contribution in [0.4, 0.5) is 0 Å². The van der Waals surface area contributed by atoms with Crippen molar-refractivity contribution in [1.82, 2.24) is 9.97 Å². The number of imidazole rings is 1. The molecule has 0 aliphatic carbocycles. The topological polar surface area (TPSA) is 45.8 Å². The van der Waals surface area contributed by atoms with Gasteiger partial charge in [-0.25, -0.2) is 4.98 Å². The molecule has 0 aliphatic heterocycles. The number of rotatable bonds is 3. The fourth-order valence-electron chi connectivity index (χ4n) is 1.92. The average molecular weight is 283 g/mol. The van der Waals surface area contributed by atoms with Crippen molar-refractivity contribution in [3.8, 4) is 0 Å². The summed E-state index contributed by atoms with van der Waals surface area (Å²) in [5.41, 5.74) is 2.43. The van der Waals surface area contributed by atoms with Crippen LogP contribution in [0.1, 0.15) is 16.2 Å². The van der Waals surface area contributed by atoms with Gasteiger partial charge >= 0.3 is 0 Å². The number of H-pyrrole nitrogens is 1. The number of ketones is 1. The van der Waals surface area contributed by atoms with Crippen molar-refractivity contribution in [2.45, 2.75) is 0 Å². The van der Waals surface area contributed by atoms with Gasteiger partial charge in [-0.1, -0.05) is 41.9 Å². The highest BCUT2D eigenvalue weighted by Gasteiger charge is 2.08. The molecule has 98 valence electrons. The summed E-state index contributed by atoms with van der Waals surface area (Å²) in [6.07, 6.45) is 3.16. The third kappa shape index (κ3) is 2.49. The molecule has 3 rings (SSSR count). The van der Waals surface area contributed by atoms with Crippen LogP contribution in [0.5, 0.6) is 0 Å². The minimum absolute atomic E-state index is 0.180. The Bertz CT molecular complexity index is 772. The predicted molar refractivity (Wildman–Crippen MR) is 80.9 cm³/mol. The summed E-state index contributed by atoms with van der Waals surface area (Å²) in [5, 5.41) is 0.612. The molecule has 1 heterocycles. The van der Waals surface area contributed by atoms with Crippen molar-refractivity contribution in [2.24, 2.45) is 0 Å². The molecular weight excluding hydrogens is 272 g/mol. The molecule has 1 N–H and O–H groups in total. The van der Waals surface area contributed by atoms with Crippen molar-refractivity contribution >= 4 is 34.5 Å². The zero-order chi connectivity index (χ0) is 13.9. The first kappa shape index (κ1) is 12.6. The fraction of sp³-hybridized carbons (Fsp3) is 0. The molecule has 0 fully saturated rings. The number of carbonyl (C=O) groups excluding carboxylic acids is 1. The molecular formula is C16H11ClN2O. The van der Waals surface area contributed by atoms with Gasteiger partial charge in [0.25, 0.3) is 0 Å². The zero-order valence-corrected chi connectivity index (χ0v) is 11.3. The second-order valence-corrected chi connectivity index (χ2v) is 4.73. The number of halogens is 1. The van der Waals surface area contributed by atoms with Gasteiger partial charge < -0.3 is 4.98 Å². The Labute approximate surface area is 120 Å². The lowest BCUT2D eigenvalue weighted by molar-refractivity contribution is 0.103. The Balaban J connectivity index is 1.88. The van der Waals surface area contributed by atoms with E-state index in [2.05, 4.69) is 9.97 Å². The molecule has 0 aliphatic rings. The molecule has 2 aromatic carbocycles. The molecule has 0 spiro atoms. The number of aromatic amines is 1. The van der Waals surface area contributed by atoms with Gasteiger partial charge in [-0.3, -0.25) is 4.79 Å². The van der Waals surface area contributed by atoms with E-state index >= 15 is 0 Å². The van der Waals surface area contributed by atoms with E-state index in [-0.39, 0.29) is 5.78 Å². The molecule has 0 radical (unpaired) electrons. The molecule has 1 aromatic heterocycles. The summed E-state index contributed by atoms with van der Waals surface area (Å²) in [6.45, 7) is 0. The summed E-state index contributed by atoms with van der Waals surface area (Å²) in [6, 6.07) is 14.9. The van der Waals surface area contributed by atoms with E-state index in [1.165, 1.54) is 6.08 Å². The number of para-hydroxylation sites is 2. The number of aromatic nitrogens is 2. The maximum absolute atomic E-state index is 12.1. The van der Waals surface area contributed by atoms with Crippen LogP contribution in [-0.4, -0.2) is 15.8 Å². The Kier molecular flexibility index (Phi) is 3.35. The van der Waals surface area contributed by atoms with Crippen molar-refractivity contribution in [3.05, 3.63) is 71.0 Å². The van der Waals surface area contributed by atoms with Crippen LogP contribution in [-0.2, 0) is 0 Å². The van der Waals surface area contributed by atoms with Crippen LogP contribution < -0.4 is 0 Å². The van der Waals surface area contributed by atoms with Gasteiger partial charge in [0.15, 0.2) is 5.82 Å². The Hall–Kier alpha value is -2.39. The van der Waals surface area contributed by atoms with Crippen LogP contribution in [0.25, 0.3) is 17.1 Å². The summed E-state index contributed by atoms with van der Waals surface area (Å²) in [5.74, 6) is 0.149. The standard InChI is InChI=1S/C16H11ClN2O/c17-12-6-2-1-5-11(12)9-10-15(20)16-18-13-7-3-4-8-14(13)19-16/h1-10H,(H,18,19)/b10-9+. The zero-order valence-electron chi connectivity index (χ0n) is 10.5. The van der Waals surface area contributed by atoms with Gasteiger partial charge in [-0.05, 0) is 35.9 Å². The van der Waals surface area contributed by atoms with Crippen LogP contribution in [0, 0.1) is 0 Å². The normalized spacial score (nSPS) is 11.2. The fourth-order valence-corrected chi connectivity index (χ4v) is 2.12. The van der Waals surface area contributed by atoms with E-state index in [4.69, 9.17) is 11.6 Å². The van der Waals surface area contributed by atoms with Crippen molar-refractivity contribution in [2.75, 3.05) is 0 Å². The second-order valence-electron chi connectivity index (χ2n) is 4.32. The molecule has 0 saturated heterocycles. The number of allylic oxidation sites excluding steroid dienone is 1. The number of nitrogens with one attached hydrogen (secondary N) is 1. The van der Waals surface area contributed by atoms with Gasteiger partial charge in [0.2, 0.25) is 5.78 Å². The Morgan fingerprint density at radius 1 is 1.10 bits per heavy atom. The molecule has 0 atom stereocenters. The largest absolute Gasteiger partial charge is 0.335 e. The average Bonchev–Trinajstić information content (AvgIpc) is 2.90. The quantitative estimate of drug-likeness (QED) is 0.580. The lowest BCUT2D eigenvalue weighted by atomic mass is 10.2. The monoisotopic (exact) mass is 282 g/mol. The van der Waals surface area contributed by atoms with Crippen LogP contribution in [0.2, 0.25) is 5.02 Å². The van der Waals surface area contributed by atoms with Gasteiger partial charge in [0, 0.05) is 5.02 Å². The molecule has 3 aromatic rings. The smallest absolute Gasteiger partial charge is 0.221 e. The highest BCUT2D eigenvalue weighted by atomic mass is 35.5. The third-order valence-electron chi connectivity index (χ3n) is 2.94. The molecule has 20 heavy (non-hydrogen) atoms. The number of hydrogen-bond acceptors (Lipinski definition) is 2. The van der Waals surface area contributed by atoms with E-state index in [0.717, 1.165) is 16.6 Å². The van der Waals surface area contributed by atoms with Crippen molar-refractivity contribution in [3.63, 3.8) is 0 Å². The van der Waals surface area contributed by atoms with Gasteiger partial charge in [0.05, 0.1) is 11.0 Å². The molecule has 0 unspecified atom stereocenters. The summed E-state index contributed by atoms with van der Waals surface area (Å²) in [4.78, 5) is 19.3. The van der Waals surface area contributed by atoms with E-state index in [0.29, 0.717) is 10.8 Å². The molecule has 0 bridgehead atoms. The highest BCUT2D eigenvalue weighted by Crippen LogP contribution is 2.17. The summed E-state index contributed by atoms with van der Waals surface area (Å²) in [7, 11) is 0. The predicted octanol–water partition coefficient (Wildman–Crippen LogP) is 4.11. The van der Waals surface area contributed by atoms with Gasteiger partial charge in [-0.2, -0.15) is 0 Å². The van der Waals surface area contributed by atoms with Crippen LogP contribution in [0.3, 0.4) is 0 Å². The van der Waals surface area contributed by atoms with Gasteiger partial charge in [-0.15, -0.1) is 0 Å². The minimum Gasteiger partial charge on any atom is -0.335 e. The van der Waals surface area contributed by atoms with Crippen molar-refractivity contribution < 1.29 is 4.79 Å². The van der Waals surface area contributed by atoms with Crippen molar-refractivity contribution in [1.29, 1.82) is 0 Å². The highest BCUT2D eigenvalue weighted by molar-refractivity contribution is 6.32. The number of fused-ring (bicyclic) bond motifs is 1. The SMILES string of the molecule is O=C(/C=C/c1ccccc1Cl)c1nc2ccccc2[nH]1. The minimum atomic E-state index is -0.180. The van der Waals surface area contributed by atoms with E-state index in [1.54, 1.807) is 12.1 Å². The Morgan fingerprint density at radius 3 is 2.65 bits per heavy atom. The first-order valence-corrected chi connectivity index (χ1v) is 6.53. The maximum atomic E-state index is 12.1. The van der Waals surface area contributed by atoms with Crippen LogP contribution >= 0.6 is 11.6 Å². The van der Waals surface area contributed by atoms with Crippen LogP contribution in [0.15, 0.2) is 54.6 Å². The maximum Gasteiger partial charge on any atom is 0.221 e. The first-order chi connectivity index (χ1) is 9.74.